The van der Waals surface area contributed by atoms with Crippen molar-refractivity contribution in [3.8, 4) is 0 Å². The number of hydrogen-bond acceptors (Lipinski definition) is 3. The molecular weight excluding hydrogens is 414 g/mol. The zero-order valence-electron chi connectivity index (χ0n) is 18.9. The van der Waals surface area contributed by atoms with Gasteiger partial charge in [0.2, 0.25) is 0 Å². The highest BCUT2D eigenvalue weighted by molar-refractivity contribution is 5.98. The van der Waals surface area contributed by atoms with Crippen LogP contribution in [0.4, 0.5) is 0 Å². The summed E-state index contributed by atoms with van der Waals surface area (Å²) in [6.45, 7) is 4.64. The molecule has 1 N–H and O–H groups in total. The van der Waals surface area contributed by atoms with Gasteiger partial charge in [0.25, 0.3) is 5.91 Å². The molecule has 0 radical (unpaired) electrons. The maximum Gasteiger partial charge on any atom is 0.323 e. The Balaban J connectivity index is 1.57. The molecular formula is C27H27N3O3. The number of benzene rings is 3. The Bertz CT molecular complexity index is 1290. The first-order valence-electron chi connectivity index (χ1n) is 11.0. The van der Waals surface area contributed by atoms with Gasteiger partial charge in [0.1, 0.15) is 12.4 Å². The minimum atomic E-state index is -1.03. The number of aryl methyl sites for hydroxylation is 2. The molecule has 0 unspecified atom stereocenters. The van der Waals surface area contributed by atoms with E-state index in [1.54, 1.807) is 12.1 Å². The number of hydrogen-bond donors (Lipinski definition) is 1. The monoisotopic (exact) mass is 441 g/mol. The van der Waals surface area contributed by atoms with Gasteiger partial charge in [-0.25, -0.2) is 4.98 Å². The lowest BCUT2D eigenvalue weighted by Crippen LogP contribution is -2.37. The zero-order valence-corrected chi connectivity index (χ0v) is 18.9. The van der Waals surface area contributed by atoms with Crippen molar-refractivity contribution in [3.63, 3.8) is 0 Å². The number of carboxylic acid groups (broad SMARTS) is 1. The second kappa shape index (κ2) is 9.69. The predicted molar refractivity (Wildman–Crippen MR) is 128 cm³/mol. The number of aromatic nitrogens is 2. The van der Waals surface area contributed by atoms with Crippen molar-refractivity contribution in [1.29, 1.82) is 0 Å². The number of fused-ring (bicyclic) bond motifs is 1. The minimum absolute atomic E-state index is 0.304. The zero-order chi connectivity index (χ0) is 23.4. The molecule has 0 atom stereocenters. The van der Waals surface area contributed by atoms with Crippen LogP contribution in [0.2, 0.25) is 0 Å². The Labute approximate surface area is 193 Å². The highest BCUT2D eigenvalue weighted by Crippen LogP contribution is 2.20. The number of carbonyl (C=O) groups is 2. The van der Waals surface area contributed by atoms with Crippen LogP contribution in [0.25, 0.3) is 11.0 Å². The number of aliphatic carboxylic acids is 1. The van der Waals surface area contributed by atoms with Crippen LogP contribution in [0.1, 0.15) is 32.9 Å². The van der Waals surface area contributed by atoms with E-state index < -0.39 is 5.97 Å². The average Bonchev–Trinajstić information content (AvgIpc) is 3.11. The third-order valence-electron chi connectivity index (χ3n) is 5.74. The average molecular weight is 442 g/mol. The van der Waals surface area contributed by atoms with Gasteiger partial charge in [0.05, 0.1) is 11.0 Å². The van der Waals surface area contributed by atoms with Crippen molar-refractivity contribution in [2.24, 2.45) is 0 Å². The standard InChI is InChI=1S/C27H27N3O3/c1-19-7-6-10-21(15-19)13-14-29(18-26(31)32)27(33)23-11-12-25-24(16-23)28-20(2)30(25)17-22-8-4-3-5-9-22/h3-12,15-16H,13-14,17-18H2,1-2H3,(H,31,32). The van der Waals surface area contributed by atoms with Gasteiger partial charge in [-0.05, 0) is 49.6 Å². The Morgan fingerprint density at radius 2 is 1.70 bits per heavy atom. The van der Waals surface area contributed by atoms with Crippen LogP contribution in [-0.4, -0.2) is 44.5 Å². The largest absolute Gasteiger partial charge is 0.480 e. The van der Waals surface area contributed by atoms with Gasteiger partial charge in [0, 0.05) is 18.7 Å². The summed E-state index contributed by atoms with van der Waals surface area (Å²) in [4.78, 5) is 30.7. The van der Waals surface area contributed by atoms with Gasteiger partial charge < -0.3 is 14.6 Å². The fourth-order valence-corrected chi connectivity index (χ4v) is 4.08. The van der Waals surface area contributed by atoms with Gasteiger partial charge in [-0.3, -0.25) is 9.59 Å². The van der Waals surface area contributed by atoms with Crippen LogP contribution in [0, 0.1) is 13.8 Å². The number of nitrogens with zero attached hydrogens (tertiary/aromatic N) is 3. The third kappa shape index (κ3) is 5.29. The highest BCUT2D eigenvalue weighted by atomic mass is 16.4. The molecule has 6 nitrogen and oxygen atoms in total. The summed E-state index contributed by atoms with van der Waals surface area (Å²) < 4.78 is 2.12. The Kier molecular flexibility index (Phi) is 6.54. The fourth-order valence-electron chi connectivity index (χ4n) is 4.08. The molecule has 1 amide bonds. The van der Waals surface area contributed by atoms with Gasteiger partial charge in [-0.1, -0.05) is 60.2 Å². The summed E-state index contributed by atoms with van der Waals surface area (Å²) in [5.41, 5.74) is 5.49. The van der Waals surface area contributed by atoms with Crippen LogP contribution in [0.15, 0.2) is 72.8 Å². The quantitative estimate of drug-likeness (QED) is 0.438. The molecule has 4 aromatic rings. The molecule has 0 spiro atoms. The van der Waals surface area contributed by atoms with Crippen molar-refractivity contribution in [1.82, 2.24) is 14.5 Å². The van der Waals surface area contributed by atoms with Crippen LogP contribution < -0.4 is 0 Å². The van der Waals surface area contributed by atoms with E-state index in [1.165, 1.54) is 10.5 Å². The van der Waals surface area contributed by atoms with E-state index in [2.05, 4.69) is 27.8 Å². The Morgan fingerprint density at radius 1 is 0.939 bits per heavy atom. The number of rotatable bonds is 8. The Morgan fingerprint density at radius 3 is 2.42 bits per heavy atom. The molecule has 3 aromatic carbocycles. The fraction of sp³-hybridized carbons (Fsp3) is 0.222. The van der Waals surface area contributed by atoms with E-state index in [-0.39, 0.29) is 12.5 Å². The van der Waals surface area contributed by atoms with Crippen molar-refractivity contribution in [2.75, 3.05) is 13.1 Å². The molecule has 0 bridgehead atoms. The van der Waals surface area contributed by atoms with E-state index in [0.29, 0.717) is 25.1 Å². The summed E-state index contributed by atoms with van der Waals surface area (Å²) >= 11 is 0. The number of carboxylic acids is 1. The lowest BCUT2D eigenvalue weighted by molar-refractivity contribution is -0.137. The lowest BCUT2D eigenvalue weighted by atomic mass is 10.1. The molecule has 4 rings (SSSR count). The molecule has 33 heavy (non-hydrogen) atoms. The molecule has 0 saturated heterocycles. The van der Waals surface area contributed by atoms with Crippen LogP contribution in [0.3, 0.4) is 0 Å². The van der Waals surface area contributed by atoms with Crippen molar-refractivity contribution >= 4 is 22.9 Å². The van der Waals surface area contributed by atoms with Crippen molar-refractivity contribution < 1.29 is 14.7 Å². The molecule has 0 saturated carbocycles. The summed E-state index contributed by atoms with van der Waals surface area (Å²) in [7, 11) is 0. The SMILES string of the molecule is Cc1cccc(CCN(CC(=O)O)C(=O)c2ccc3c(c2)nc(C)n3Cc2ccccc2)c1. The van der Waals surface area contributed by atoms with Crippen molar-refractivity contribution in [2.45, 2.75) is 26.8 Å². The van der Waals surface area contributed by atoms with Crippen LogP contribution in [0.5, 0.6) is 0 Å². The first-order chi connectivity index (χ1) is 15.9. The first kappa shape index (κ1) is 22.3. The maximum absolute atomic E-state index is 13.2. The summed E-state index contributed by atoms with van der Waals surface area (Å²) in [5, 5.41) is 9.36. The van der Waals surface area contributed by atoms with Gasteiger partial charge in [-0.15, -0.1) is 0 Å². The number of imidazole rings is 1. The van der Waals surface area contributed by atoms with E-state index in [0.717, 1.165) is 28.0 Å². The number of amides is 1. The minimum Gasteiger partial charge on any atom is -0.480 e. The molecule has 168 valence electrons. The molecule has 0 fully saturated rings. The van der Waals surface area contributed by atoms with E-state index in [9.17, 15) is 14.7 Å². The topological polar surface area (TPSA) is 75.4 Å². The molecule has 1 aromatic heterocycles. The summed E-state index contributed by atoms with van der Waals surface area (Å²) in [6, 6.07) is 23.6. The molecule has 0 aliphatic rings. The second-order valence-electron chi connectivity index (χ2n) is 8.29. The smallest absolute Gasteiger partial charge is 0.323 e. The maximum atomic E-state index is 13.2. The second-order valence-corrected chi connectivity index (χ2v) is 8.29. The molecule has 0 aliphatic carbocycles. The highest BCUT2D eigenvalue weighted by Gasteiger charge is 2.20. The Hall–Kier alpha value is -3.93. The van der Waals surface area contributed by atoms with Gasteiger partial charge in [0.15, 0.2) is 0 Å². The van der Waals surface area contributed by atoms with Crippen LogP contribution >= 0.6 is 0 Å². The molecule has 6 heteroatoms. The van der Waals surface area contributed by atoms with Crippen LogP contribution in [-0.2, 0) is 17.8 Å². The third-order valence-corrected chi connectivity index (χ3v) is 5.74. The van der Waals surface area contributed by atoms with E-state index in [4.69, 9.17) is 0 Å². The molecule has 0 aliphatic heterocycles. The number of carbonyl (C=O) groups excluding carboxylic acids is 1. The molecule has 1 heterocycles. The summed E-state index contributed by atoms with van der Waals surface area (Å²) in [5.74, 6) is -0.473. The van der Waals surface area contributed by atoms with Gasteiger partial charge >= 0.3 is 5.97 Å². The first-order valence-corrected chi connectivity index (χ1v) is 11.0. The van der Waals surface area contributed by atoms with Crippen molar-refractivity contribution in [3.05, 3.63) is 101 Å². The summed E-state index contributed by atoms with van der Waals surface area (Å²) in [6.07, 6.45) is 0.591. The van der Waals surface area contributed by atoms with E-state index in [1.807, 2.05) is 56.3 Å². The van der Waals surface area contributed by atoms with E-state index >= 15 is 0 Å². The van der Waals surface area contributed by atoms with Gasteiger partial charge in [-0.2, -0.15) is 0 Å². The predicted octanol–water partition coefficient (Wildman–Crippen LogP) is 4.47. The lowest BCUT2D eigenvalue weighted by Gasteiger charge is -2.21. The normalized spacial score (nSPS) is 11.0.